The van der Waals surface area contributed by atoms with Gasteiger partial charge in [0.25, 0.3) is 0 Å². The van der Waals surface area contributed by atoms with E-state index in [1.165, 1.54) is 0 Å². The van der Waals surface area contributed by atoms with Gasteiger partial charge in [-0.1, -0.05) is 11.8 Å². The van der Waals surface area contributed by atoms with Crippen LogP contribution >= 0.6 is 19.4 Å². The van der Waals surface area contributed by atoms with Gasteiger partial charge in [-0.25, -0.2) is 4.57 Å². The maximum Gasteiger partial charge on any atom is 0.477 e. The Kier molecular flexibility index (Phi) is 6.44. The first-order chi connectivity index (χ1) is 8.10. The maximum absolute atomic E-state index is 12.4. The number of hydrogen-bond donors (Lipinski definition) is 0. The third-order valence-electron chi connectivity index (χ3n) is 1.70. The van der Waals surface area contributed by atoms with Gasteiger partial charge in [-0.05, 0) is 27.7 Å². The molecule has 0 radical (unpaired) electrons. The lowest BCUT2D eigenvalue weighted by Crippen LogP contribution is -2.27. The summed E-state index contributed by atoms with van der Waals surface area (Å²) in [5, 5.41) is 0. The average molecular weight is 293 g/mol. The molecular weight excluding hydrogens is 275 g/mol. The van der Waals surface area contributed by atoms with E-state index in [1.54, 1.807) is 27.7 Å². The Morgan fingerprint density at radius 1 is 1.11 bits per heavy atom. The number of terminal acetylenes is 2. The van der Waals surface area contributed by atoms with E-state index in [9.17, 15) is 4.57 Å². The number of phosphoric ester groups is 1. The van der Waals surface area contributed by atoms with E-state index in [1.807, 2.05) is 0 Å². The zero-order valence-corrected chi connectivity index (χ0v) is 12.7. The Morgan fingerprint density at radius 3 is 1.78 bits per heavy atom. The van der Waals surface area contributed by atoms with Crippen molar-refractivity contribution in [3.63, 3.8) is 0 Å². The molecule has 4 nitrogen and oxygen atoms in total. The Labute approximate surface area is 114 Å². The van der Waals surface area contributed by atoms with Crippen molar-refractivity contribution in [1.82, 2.24) is 0 Å². The van der Waals surface area contributed by atoms with Crippen LogP contribution in [0.2, 0.25) is 0 Å². The normalized spacial score (nSPS) is 12.8. The Balaban J connectivity index is 5.04. The molecule has 0 saturated carbocycles. The van der Waals surface area contributed by atoms with E-state index < -0.39 is 19.0 Å². The summed E-state index contributed by atoms with van der Waals surface area (Å²) in [6, 6.07) is 0. The lowest BCUT2D eigenvalue weighted by molar-refractivity contribution is 0.0320. The van der Waals surface area contributed by atoms with Crippen molar-refractivity contribution in [3.05, 3.63) is 0 Å². The molecule has 102 valence electrons. The highest BCUT2D eigenvalue weighted by atomic mass is 35.5. The molecule has 0 bridgehead atoms. The smallest absolute Gasteiger partial charge is 0.286 e. The van der Waals surface area contributed by atoms with Gasteiger partial charge in [-0.3, -0.25) is 13.6 Å². The fourth-order valence-corrected chi connectivity index (χ4v) is 2.70. The Morgan fingerprint density at radius 2 is 1.50 bits per heavy atom. The van der Waals surface area contributed by atoms with Crippen LogP contribution in [0.5, 0.6) is 0 Å². The van der Waals surface area contributed by atoms with Gasteiger partial charge in [-0.2, -0.15) is 0 Å². The number of halogens is 1. The van der Waals surface area contributed by atoms with Crippen LogP contribution in [0.4, 0.5) is 0 Å². The van der Waals surface area contributed by atoms with Crippen LogP contribution in [0.1, 0.15) is 27.7 Å². The van der Waals surface area contributed by atoms with Gasteiger partial charge in [0.2, 0.25) is 0 Å². The van der Waals surface area contributed by atoms with Gasteiger partial charge in [0, 0.05) is 5.88 Å². The minimum Gasteiger partial charge on any atom is -0.286 e. The molecule has 0 aliphatic heterocycles. The quantitative estimate of drug-likeness (QED) is 0.411. The summed E-state index contributed by atoms with van der Waals surface area (Å²) in [5.41, 5.74) is -2.21. The van der Waals surface area contributed by atoms with Gasteiger partial charge in [-0.15, -0.1) is 24.4 Å². The van der Waals surface area contributed by atoms with Crippen LogP contribution in [0.15, 0.2) is 0 Å². The van der Waals surface area contributed by atoms with Gasteiger partial charge < -0.3 is 0 Å². The topological polar surface area (TPSA) is 44.8 Å². The zero-order valence-electron chi connectivity index (χ0n) is 11.0. The number of rotatable bonds is 7. The first-order valence-corrected chi connectivity index (χ1v) is 7.27. The molecule has 0 spiro atoms. The van der Waals surface area contributed by atoms with Gasteiger partial charge in [0.15, 0.2) is 0 Å². The third kappa shape index (κ3) is 6.45. The Bertz CT molecular complexity index is 371. The van der Waals surface area contributed by atoms with Gasteiger partial charge in [0.05, 0.1) is 6.61 Å². The number of phosphoric acid groups is 1. The van der Waals surface area contributed by atoms with E-state index in [4.69, 9.17) is 38.0 Å². The predicted octanol–water partition coefficient (Wildman–Crippen LogP) is 3.21. The molecule has 0 aromatic carbocycles. The first kappa shape index (κ1) is 17.5. The van der Waals surface area contributed by atoms with Crippen LogP contribution in [-0.2, 0) is 18.1 Å². The number of hydrogen-bond acceptors (Lipinski definition) is 4. The summed E-state index contributed by atoms with van der Waals surface area (Å²) in [6.07, 6.45) is 10.5. The number of alkyl halides is 1. The third-order valence-corrected chi connectivity index (χ3v) is 3.71. The molecule has 0 aliphatic rings. The second kappa shape index (κ2) is 6.62. The van der Waals surface area contributed by atoms with Crippen LogP contribution in [-0.4, -0.2) is 23.7 Å². The highest BCUT2D eigenvalue weighted by molar-refractivity contribution is 7.48. The van der Waals surface area contributed by atoms with Crippen LogP contribution in [0.3, 0.4) is 0 Å². The summed E-state index contributed by atoms with van der Waals surface area (Å²) < 4.78 is 27.9. The second-order valence-electron chi connectivity index (χ2n) is 4.46. The lowest BCUT2D eigenvalue weighted by atomic mass is 10.2. The van der Waals surface area contributed by atoms with E-state index >= 15 is 0 Å². The van der Waals surface area contributed by atoms with Crippen LogP contribution in [0.25, 0.3) is 0 Å². The van der Waals surface area contributed by atoms with Gasteiger partial charge in [0.1, 0.15) is 11.2 Å². The molecule has 0 aromatic rings. The van der Waals surface area contributed by atoms with Crippen molar-refractivity contribution >= 4 is 19.4 Å². The van der Waals surface area contributed by atoms with E-state index in [0.29, 0.717) is 0 Å². The molecule has 6 heteroatoms. The fourth-order valence-electron chi connectivity index (χ4n) is 0.829. The molecule has 0 aliphatic carbocycles. The summed E-state index contributed by atoms with van der Waals surface area (Å²) >= 11 is 5.48. The molecule has 0 heterocycles. The van der Waals surface area contributed by atoms with Crippen molar-refractivity contribution in [1.29, 1.82) is 0 Å². The first-order valence-electron chi connectivity index (χ1n) is 5.27. The van der Waals surface area contributed by atoms with E-state index in [0.717, 1.165) is 0 Å². The molecule has 0 rings (SSSR count). The largest absolute Gasteiger partial charge is 0.477 e. The summed E-state index contributed by atoms with van der Waals surface area (Å²) in [5.74, 6) is 4.82. The highest BCUT2D eigenvalue weighted by Gasteiger charge is 2.39. The van der Waals surface area contributed by atoms with Gasteiger partial charge >= 0.3 is 7.82 Å². The molecule has 0 unspecified atom stereocenters. The molecule has 0 saturated heterocycles. The maximum atomic E-state index is 12.4. The standard InChI is InChI=1S/C12H18ClO4P/c1-7-11(3,4)16-18(14,15-10-9-13)17-12(5,6)8-2/h1-2H,9-10H2,3-6H3. The molecule has 18 heavy (non-hydrogen) atoms. The Hall–Kier alpha value is -0.480. The molecule has 0 amide bonds. The van der Waals surface area contributed by atoms with Crippen LogP contribution in [0, 0.1) is 24.7 Å². The van der Waals surface area contributed by atoms with Crippen molar-refractivity contribution in [2.45, 2.75) is 38.9 Å². The average Bonchev–Trinajstić information content (AvgIpc) is 2.25. The van der Waals surface area contributed by atoms with Crippen molar-refractivity contribution in [3.8, 4) is 24.7 Å². The second-order valence-corrected chi connectivity index (χ2v) is 6.36. The van der Waals surface area contributed by atoms with Crippen molar-refractivity contribution in [2.75, 3.05) is 12.5 Å². The molecule has 0 atom stereocenters. The molecular formula is C12H18ClO4P. The van der Waals surface area contributed by atoms with E-state index in [-0.39, 0.29) is 12.5 Å². The lowest BCUT2D eigenvalue weighted by Gasteiger charge is -2.29. The highest BCUT2D eigenvalue weighted by Crippen LogP contribution is 2.55. The summed E-state index contributed by atoms with van der Waals surface area (Å²) in [7, 11) is -3.88. The van der Waals surface area contributed by atoms with Crippen molar-refractivity contribution < 1.29 is 18.1 Å². The van der Waals surface area contributed by atoms with E-state index in [2.05, 4.69) is 11.8 Å². The summed E-state index contributed by atoms with van der Waals surface area (Å²) in [6.45, 7) is 6.26. The van der Waals surface area contributed by atoms with Crippen LogP contribution < -0.4 is 0 Å². The van der Waals surface area contributed by atoms with Crippen molar-refractivity contribution in [2.24, 2.45) is 0 Å². The predicted molar refractivity (Wildman–Crippen MR) is 72.3 cm³/mol. The monoisotopic (exact) mass is 292 g/mol. The molecule has 0 aromatic heterocycles. The molecule has 0 N–H and O–H groups in total. The zero-order chi connectivity index (χ0) is 14.4. The minimum atomic E-state index is -3.88. The minimum absolute atomic E-state index is 0.000135. The summed E-state index contributed by atoms with van der Waals surface area (Å²) in [4.78, 5) is 0. The molecule has 0 fully saturated rings. The SMILES string of the molecule is C#CC(C)(C)OP(=O)(OCCCl)OC(C)(C)C#C. The fraction of sp³-hybridized carbons (Fsp3) is 0.667.